The van der Waals surface area contributed by atoms with Gasteiger partial charge >= 0.3 is 0 Å². The van der Waals surface area contributed by atoms with Gasteiger partial charge in [-0.15, -0.1) is 11.3 Å². The van der Waals surface area contributed by atoms with Gasteiger partial charge in [-0.05, 0) is 48.5 Å². The number of nitrogens with one attached hydrogen (secondary N) is 1. The van der Waals surface area contributed by atoms with E-state index in [4.69, 9.17) is 0 Å². The summed E-state index contributed by atoms with van der Waals surface area (Å²) >= 11 is 1.32. The molecule has 3 heterocycles. The summed E-state index contributed by atoms with van der Waals surface area (Å²) in [6, 6.07) is 13.5. The molecule has 8 nitrogen and oxygen atoms in total. The van der Waals surface area contributed by atoms with Crippen molar-refractivity contribution in [3.05, 3.63) is 77.1 Å². The van der Waals surface area contributed by atoms with Crippen LogP contribution in [0.4, 0.5) is 10.1 Å². The van der Waals surface area contributed by atoms with Gasteiger partial charge in [-0.2, -0.15) is 0 Å². The van der Waals surface area contributed by atoms with E-state index < -0.39 is 0 Å². The van der Waals surface area contributed by atoms with Crippen molar-refractivity contribution >= 4 is 39.7 Å². The normalized spacial score (nSPS) is 15.2. The molecule has 5 rings (SSSR count). The number of carbonyl (C=O) groups excluding carboxylic acids is 2. The number of halogens is 1. The highest BCUT2D eigenvalue weighted by molar-refractivity contribution is 7.11. The van der Waals surface area contributed by atoms with E-state index in [0.717, 1.165) is 16.6 Å². The molecule has 0 bridgehead atoms. The number of benzene rings is 2. The SMILES string of the molecule is O=C(CC(CO)N1CCN(C(=O)c2nccs2)CC1)Nc1ccc2c(ccn2-c2ccc(F)cc2)c1. The highest BCUT2D eigenvalue weighted by Crippen LogP contribution is 2.24. The Kier molecular flexibility index (Phi) is 7.08. The van der Waals surface area contributed by atoms with Gasteiger partial charge in [0, 0.05) is 73.2 Å². The van der Waals surface area contributed by atoms with Gasteiger partial charge in [-0.1, -0.05) is 0 Å². The number of amides is 2. The van der Waals surface area contributed by atoms with Crippen LogP contribution >= 0.6 is 11.3 Å². The van der Waals surface area contributed by atoms with Crippen LogP contribution in [0, 0.1) is 5.82 Å². The first-order valence-corrected chi connectivity index (χ1v) is 12.6. The maximum Gasteiger partial charge on any atom is 0.282 e. The zero-order chi connectivity index (χ0) is 25.1. The van der Waals surface area contributed by atoms with E-state index in [9.17, 15) is 19.1 Å². The number of carbonyl (C=O) groups is 2. The monoisotopic (exact) mass is 507 g/mol. The van der Waals surface area contributed by atoms with Gasteiger partial charge in [0.2, 0.25) is 5.91 Å². The molecule has 186 valence electrons. The molecule has 36 heavy (non-hydrogen) atoms. The number of piperazine rings is 1. The van der Waals surface area contributed by atoms with Crippen LogP contribution in [-0.2, 0) is 4.79 Å². The molecule has 2 amide bonds. The number of rotatable bonds is 7. The summed E-state index contributed by atoms with van der Waals surface area (Å²) in [5.74, 6) is -0.549. The summed E-state index contributed by atoms with van der Waals surface area (Å²) in [5, 5.41) is 16.1. The second-order valence-corrected chi connectivity index (χ2v) is 9.58. The molecular formula is C26H26FN5O3S. The number of aromatic nitrogens is 2. The predicted molar refractivity (Wildman–Crippen MR) is 137 cm³/mol. The quantitative estimate of drug-likeness (QED) is 0.400. The smallest absolute Gasteiger partial charge is 0.282 e. The molecular weight excluding hydrogens is 481 g/mol. The van der Waals surface area contributed by atoms with Crippen molar-refractivity contribution in [3.63, 3.8) is 0 Å². The van der Waals surface area contributed by atoms with Crippen molar-refractivity contribution in [2.24, 2.45) is 0 Å². The van der Waals surface area contributed by atoms with Crippen LogP contribution in [0.25, 0.3) is 16.6 Å². The van der Waals surface area contributed by atoms with E-state index in [2.05, 4.69) is 15.2 Å². The maximum atomic E-state index is 13.3. The van der Waals surface area contributed by atoms with Gasteiger partial charge in [0.1, 0.15) is 5.82 Å². The summed E-state index contributed by atoms with van der Waals surface area (Å²) in [7, 11) is 0. The van der Waals surface area contributed by atoms with Crippen molar-refractivity contribution < 1.29 is 19.1 Å². The number of thiazole rings is 1. The number of aliphatic hydroxyl groups is 1. The molecule has 1 fully saturated rings. The lowest BCUT2D eigenvalue weighted by molar-refractivity contribution is -0.118. The van der Waals surface area contributed by atoms with Gasteiger partial charge in [0.25, 0.3) is 5.91 Å². The van der Waals surface area contributed by atoms with E-state index >= 15 is 0 Å². The van der Waals surface area contributed by atoms with Crippen molar-refractivity contribution in [2.75, 3.05) is 38.1 Å². The second-order valence-electron chi connectivity index (χ2n) is 8.69. The Morgan fingerprint density at radius 1 is 1.08 bits per heavy atom. The Morgan fingerprint density at radius 2 is 1.86 bits per heavy atom. The van der Waals surface area contributed by atoms with Crippen LogP contribution in [0.3, 0.4) is 0 Å². The minimum atomic E-state index is -0.328. The Morgan fingerprint density at radius 3 is 2.56 bits per heavy atom. The van der Waals surface area contributed by atoms with Gasteiger partial charge in [0.05, 0.1) is 12.1 Å². The molecule has 0 radical (unpaired) electrons. The predicted octanol–water partition coefficient (Wildman–Crippen LogP) is 3.37. The van der Waals surface area contributed by atoms with E-state index in [0.29, 0.717) is 36.9 Å². The van der Waals surface area contributed by atoms with Gasteiger partial charge in [-0.25, -0.2) is 9.37 Å². The molecule has 2 aromatic carbocycles. The van der Waals surface area contributed by atoms with Crippen molar-refractivity contribution in [2.45, 2.75) is 12.5 Å². The molecule has 1 aliphatic rings. The van der Waals surface area contributed by atoms with Crippen LogP contribution in [-0.4, -0.2) is 75.1 Å². The van der Waals surface area contributed by atoms with Crippen molar-refractivity contribution in [1.82, 2.24) is 19.4 Å². The highest BCUT2D eigenvalue weighted by atomic mass is 32.1. The largest absolute Gasteiger partial charge is 0.395 e. The average molecular weight is 508 g/mol. The van der Waals surface area contributed by atoms with Gasteiger partial charge in [-0.3, -0.25) is 14.5 Å². The summed E-state index contributed by atoms with van der Waals surface area (Å²) < 4.78 is 15.2. The lowest BCUT2D eigenvalue weighted by atomic mass is 10.1. The molecule has 2 aromatic heterocycles. The first kappa shape index (κ1) is 24.1. The molecule has 4 aromatic rings. The molecule has 0 aliphatic carbocycles. The van der Waals surface area contributed by atoms with E-state index in [1.165, 1.54) is 23.5 Å². The van der Waals surface area contributed by atoms with E-state index in [-0.39, 0.29) is 36.7 Å². The first-order chi connectivity index (χ1) is 17.5. The Balaban J connectivity index is 1.18. The third kappa shape index (κ3) is 5.15. The first-order valence-electron chi connectivity index (χ1n) is 11.7. The fraction of sp³-hybridized carbons (Fsp3) is 0.269. The Hall–Kier alpha value is -3.60. The molecule has 0 saturated carbocycles. The molecule has 1 saturated heterocycles. The van der Waals surface area contributed by atoms with Crippen LogP contribution in [0.5, 0.6) is 0 Å². The lowest BCUT2D eigenvalue weighted by Crippen LogP contribution is -2.53. The van der Waals surface area contributed by atoms with Crippen LogP contribution < -0.4 is 5.32 Å². The standard InChI is InChI=1S/C26H26FN5O3S/c27-19-1-4-21(5-2-19)32-9-7-18-15-20(3-6-23(18)32)29-24(34)16-22(17-33)30-10-12-31(13-11-30)26(35)25-28-8-14-36-25/h1-9,14-15,22,33H,10-13,16-17H2,(H,29,34). The van der Waals surface area contributed by atoms with Crippen LogP contribution in [0.2, 0.25) is 0 Å². The number of aliphatic hydroxyl groups excluding tert-OH is 1. The third-order valence-corrected chi connectivity index (χ3v) is 7.20. The summed E-state index contributed by atoms with van der Waals surface area (Å²) in [5.41, 5.74) is 2.46. The van der Waals surface area contributed by atoms with Crippen LogP contribution in [0.1, 0.15) is 16.2 Å². The highest BCUT2D eigenvalue weighted by Gasteiger charge is 2.28. The Labute approximate surface area is 211 Å². The second kappa shape index (κ2) is 10.6. The summed E-state index contributed by atoms with van der Waals surface area (Å²) in [4.78, 5) is 33.2. The number of fused-ring (bicyclic) bond motifs is 1. The average Bonchev–Trinajstić information content (AvgIpc) is 3.58. The molecule has 2 N–H and O–H groups in total. The third-order valence-electron chi connectivity index (χ3n) is 6.44. The topological polar surface area (TPSA) is 90.7 Å². The number of hydrogen-bond donors (Lipinski definition) is 2. The van der Waals surface area contributed by atoms with E-state index in [1.54, 1.807) is 28.6 Å². The fourth-order valence-electron chi connectivity index (χ4n) is 4.54. The number of hydrogen-bond acceptors (Lipinski definition) is 6. The van der Waals surface area contributed by atoms with E-state index in [1.807, 2.05) is 35.0 Å². The molecule has 0 spiro atoms. The maximum absolute atomic E-state index is 13.3. The zero-order valence-corrected chi connectivity index (χ0v) is 20.3. The lowest BCUT2D eigenvalue weighted by Gasteiger charge is -2.38. The van der Waals surface area contributed by atoms with Crippen LogP contribution in [0.15, 0.2) is 66.3 Å². The molecule has 10 heteroatoms. The fourth-order valence-corrected chi connectivity index (χ4v) is 5.14. The minimum absolute atomic E-state index is 0.0772. The number of anilines is 1. The molecule has 1 atom stereocenters. The molecule has 1 aliphatic heterocycles. The Bertz CT molecular complexity index is 1350. The molecule has 1 unspecified atom stereocenters. The minimum Gasteiger partial charge on any atom is -0.395 e. The van der Waals surface area contributed by atoms with Crippen molar-refractivity contribution in [3.8, 4) is 5.69 Å². The van der Waals surface area contributed by atoms with Crippen molar-refractivity contribution in [1.29, 1.82) is 0 Å². The number of nitrogens with zero attached hydrogens (tertiary/aromatic N) is 4. The zero-order valence-electron chi connectivity index (χ0n) is 19.5. The summed E-state index contributed by atoms with van der Waals surface area (Å²) in [6.45, 7) is 2.07. The van der Waals surface area contributed by atoms with Gasteiger partial charge < -0.3 is 19.9 Å². The van der Waals surface area contributed by atoms with Gasteiger partial charge in [0.15, 0.2) is 5.01 Å². The summed E-state index contributed by atoms with van der Waals surface area (Å²) in [6.07, 6.45) is 3.67.